The molecule has 2 heterocycles. The lowest BCUT2D eigenvalue weighted by Crippen LogP contribution is -2.33. The second kappa shape index (κ2) is 13.4. The fourth-order valence-corrected chi connectivity index (χ4v) is 9.76. The molecule has 2 aromatic heterocycles. The van der Waals surface area contributed by atoms with Crippen LogP contribution in [0.1, 0.15) is 51.7 Å². The van der Waals surface area contributed by atoms with Crippen molar-refractivity contribution < 1.29 is 4.42 Å². The van der Waals surface area contributed by atoms with Gasteiger partial charge in [-0.2, -0.15) is 0 Å². The molecule has 11 rings (SSSR count). The van der Waals surface area contributed by atoms with Crippen LogP contribution < -0.4 is 4.90 Å². The van der Waals surface area contributed by atoms with Crippen molar-refractivity contribution in [1.82, 2.24) is 4.57 Å². The second-order valence-corrected chi connectivity index (χ2v) is 17.6. The van der Waals surface area contributed by atoms with Gasteiger partial charge in [-0.15, -0.1) is 0 Å². The number of aromatic nitrogens is 1. The first kappa shape index (κ1) is 35.3. The van der Waals surface area contributed by atoms with Crippen molar-refractivity contribution >= 4 is 60.8 Å². The van der Waals surface area contributed by atoms with Crippen LogP contribution in [0.15, 0.2) is 186 Å². The molecule has 8 aromatic carbocycles. The molecule has 286 valence electrons. The molecule has 10 aromatic rings. The minimum atomic E-state index is 0.117. The molecule has 0 atom stereocenters. The minimum absolute atomic E-state index is 0.117. The molecule has 0 N–H and O–H groups in total. The number of nitrogens with zero attached hydrogens (tertiary/aromatic N) is 2. The molecule has 0 unspecified atom stereocenters. The highest BCUT2D eigenvalue weighted by atomic mass is 16.3. The minimum Gasteiger partial charge on any atom is -0.456 e. The first-order chi connectivity index (χ1) is 28.7. The van der Waals surface area contributed by atoms with Crippen LogP contribution in [0.2, 0.25) is 0 Å². The lowest BCUT2D eigenvalue weighted by Gasteiger charge is -2.42. The molecular formula is C56H46N2O. The molecule has 0 saturated carbocycles. The molecule has 0 amide bonds. The van der Waals surface area contributed by atoms with Gasteiger partial charge in [0.1, 0.15) is 11.2 Å². The summed E-state index contributed by atoms with van der Waals surface area (Å²) < 4.78 is 8.95. The molecule has 1 aliphatic carbocycles. The molecule has 3 nitrogen and oxygen atoms in total. The summed E-state index contributed by atoms with van der Waals surface area (Å²) >= 11 is 0. The van der Waals surface area contributed by atoms with E-state index in [2.05, 4.69) is 207 Å². The predicted molar refractivity (Wildman–Crippen MR) is 249 cm³/mol. The SMILES string of the molecule is CC1(C)CCC(C)(C)c2cc(-c3ccccc3-n3c4ccccc4c4ccc(N(c5ccc(-c6ccccc6)cc5)c5ccc6c(c5)oc5ccccc56)cc43)ccc21. The lowest BCUT2D eigenvalue weighted by atomic mass is 9.63. The molecule has 59 heavy (non-hydrogen) atoms. The van der Waals surface area contributed by atoms with Gasteiger partial charge >= 0.3 is 0 Å². The summed E-state index contributed by atoms with van der Waals surface area (Å²) in [6.45, 7) is 9.64. The third-order valence-corrected chi connectivity index (χ3v) is 13.1. The van der Waals surface area contributed by atoms with Crippen LogP contribution >= 0.6 is 0 Å². The molecule has 0 aliphatic heterocycles. The Balaban J connectivity index is 1.12. The summed E-state index contributed by atoms with van der Waals surface area (Å²) in [6.07, 6.45) is 2.38. The molecule has 0 saturated heterocycles. The van der Waals surface area contributed by atoms with Crippen molar-refractivity contribution in [3.05, 3.63) is 193 Å². The highest BCUT2D eigenvalue weighted by molar-refractivity contribution is 6.11. The molecular weight excluding hydrogens is 717 g/mol. The van der Waals surface area contributed by atoms with E-state index >= 15 is 0 Å². The zero-order chi connectivity index (χ0) is 39.9. The van der Waals surface area contributed by atoms with E-state index in [0.29, 0.717) is 0 Å². The number of rotatable bonds is 6. The average molecular weight is 763 g/mol. The highest BCUT2D eigenvalue weighted by Gasteiger charge is 2.37. The Labute approximate surface area is 345 Å². The van der Waals surface area contributed by atoms with E-state index in [-0.39, 0.29) is 10.8 Å². The molecule has 0 fully saturated rings. The third kappa shape index (κ3) is 5.79. The third-order valence-electron chi connectivity index (χ3n) is 13.1. The Kier molecular flexibility index (Phi) is 8.00. The summed E-state index contributed by atoms with van der Waals surface area (Å²) in [5.41, 5.74) is 16.6. The van der Waals surface area contributed by atoms with Gasteiger partial charge in [0, 0.05) is 50.2 Å². The smallest absolute Gasteiger partial charge is 0.137 e. The lowest BCUT2D eigenvalue weighted by molar-refractivity contribution is 0.332. The number of fused-ring (bicyclic) bond motifs is 7. The van der Waals surface area contributed by atoms with Crippen molar-refractivity contribution in [3.63, 3.8) is 0 Å². The van der Waals surface area contributed by atoms with Gasteiger partial charge in [-0.1, -0.05) is 149 Å². The van der Waals surface area contributed by atoms with E-state index in [1.165, 1.54) is 68.2 Å². The van der Waals surface area contributed by atoms with Crippen molar-refractivity contribution in [2.75, 3.05) is 4.90 Å². The molecule has 1 aliphatic rings. The first-order valence-corrected chi connectivity index (χ1v) is 20.9. The largest absolute Gasteiger partial charge is 0.456 e. The van der Waals surface area contributed by atoms with Crippen molar-refractivity contribution in [3.8, 4) is 27.9 Å². The molecule has 0 bridgehead atoms. The van der Waals surface area contributed by atoms with Crippen molar-refractivity contribution in [1.29, 1.82) is 0 Å². The van der Waals surface area contributed by atoms with E-state index in [1.807, 2.05) is 12.1 Å². The van der Waals surface area contributed by atoms with Crippen molar-refractivity contribution in [2.24, 2.45) is 0 Å². The normalized spacial score (nSPS) is 14.6. The number of para-hydroxylation sites is 3. The predicted octanol–water partition coefficient (Wildman–Crippen LogP) is 15.8. The number of hydrogen-bond donors (Lipinski definition) is 0. The Morgan fingerprint density at radius 1 is 0.424 bits per heavy atom. The summed E-state index contributed by atoms with van der Waals surface area (Å²) in [7, 11) is 0. The quantitative estimate of drug-likeness (QED) is 0.168. The molecule has 3 heteroatoms. The average Bonchev–Trinajstić information content (AvgIpc) is 3.81. The second-order valence-electron chi connectivity index (χ2n) is 17.6. The Hall–Kier alpha value is -6.84. The van der Waals surface area contributed by atoms with E-state index < -0.39 is 0 Å². The number of benzene rings is 8. The number of furan rings is 1. The summed E-state index contributed by atoms with van der Waals surface area (Å²) in [4.78, 5) is 2.36. The van der Waals surface area contributed by atoms with Gasteiger partial charge in [-0.05, 0) is 106 Å². The van der Waals surface area contributed by atoms with Crippen LogP contribution in [0.5, 0.6) is 0 Å². The van der Waals surface area contributed by atoms with E-state index in [9.17, 15) is 0 Å². The zero-order valence-corrected chi connectivity index (χ0v) is 34.0. The maximum absolute atomic E-state index is 6.46. The summed E-state index contributed by atoms with van der Waals surface area (Å²) in [6, 6.07) is 66.4. The fourth-order valence-electron chi connectivity index (χ4n) is 9.76. The molecule has 0 radical (unpaired) electrons. The van der Waals surface area contributed by atoms with Crippen LogP contribution in [0.3, 0.4) is 0 Å². The monoisotopic (exact) mass is 762 g/mol. The number of anilines is 3. The standard InChI is InChI=1S/C56H46N2O/c1-55(2)32-33-56(3,4)49-34-39(24-31-48(49)55)43-16-8-11-19-50(43)58-51-20-12-9-17-44(51)45-29-27-41(35-52(45)58)57(40-25-22-38(23-26-40)37-14-6-5-7-15-37)42-28-30-47-46-18-10-13-21-53(46)59-54(47)36-42/h5-31,34-36H,32-33H2,1-4H3. The number of hydrogen-bond acceptors (Lipinski definition) is 2. The summed E-state index contributed by atoms with van der Waals surface area (Å²) in [5.74, 6) is 0. The van der Waals surface area contributed by atoms with Gasteiger partial charge in [-0.3, -0.25) is 0 Å². The molecule has 0 spiro atoms. The first-order valence-electron chi connectivity index (χ1n) is 20.9. The van der Waals surface area contributed by atoms with Gasteiger partial charge in [-0.25, -0.2) is 0 Å². The Morgan fingerprint density at radius 3 is 1.81 bits per heavy atom. The van der Waals surface area contributed by atoms with Gasteiger partial charge in [0.25, 0.3) is 0 Å². The van der Waals surface area contributed by atoms with E-state index in [4.69, 9.17) is 4.42 Å². The van der Waals surface area contributed by atoms with E-state index in [0.717, 1.165) is 44.5 Å². The van der Waals surface area contributed by atoms with Crippen LogP contribution in [-0.4, -0.2) is 4.57 Å². The van der Waals surface area contributed by atoms with Crippen LogP contribution in [-0.2, 0) is 10.8 Å². The van der Waals surface area contributed by atoms with Crippen LogP contribution in [0.4, 0.5) is 17.1 Å². The van der Waals surface area contributed by atoms with Gasteiger partial charge in [0.2, 0.25) is 0 Å². The van der Waals surface area contributed by atoms with Gasteiger partial charge in [0.15, 0.2) is 0 Å². The highest BCUT2D eigenvalue weighted by Crippen LogP contribution is 2.48. The van der Waals surface area contributed by atoms with Crippen molar-refractivity contribution in [2.45, 2.75) is 51.4 Å². The van der Waals surface area contributed by atoms with Crippen LogP contribution in [0.25, 0.3) is 71.7 Å². The van der Waals surface area contributed by atoms with E-state index in [1.54, 1.807) is 0 Å². The maximum Gasteiger partial charge on any atom is 0.137 e. The van der Waals surface area contributed by atoms with Crippen LogP contribution in [0, 0.1) is 0 Å². The topological polar surface area (TPSA) is 21.3 Å². The summed E-state index contributed by atoms with van der Waals surface area (Å²) in [5, 5.41) is 4.70. The Morgan fingerprint density at radius 2 is 1.00 bits per heavy atom. The maximum atomic E-state index is 6.46. The Bertz CT molecular complexity index is 3220. The van der Waals surface area contributed by atoms with Gasteiger partial charge in [0.05, 0.1) is 16.7 Å². The fraction of sp³-hybridized carbons (Fsp3) is 0.143. The zero-order valence-electron chi connectivity index (χ0n) is 34.0. The van der Waals surface area contributed by atoms with Gasteiger partial charge < -0.3 is 13.9 Å².